The lowest BCUT2D eigenvalue weighted by molar-refractivity contribution is 0.436. The Kier molecular flexibility index (Phi) is 8.39. The molecule has 12 rings (SSSR count). The molecule has 0 N–H and O–H groups in total. The van der Waals surface area contributed by atoms with Gasteiger partial charge in [0.25, 0.3) is 0 Å². The summed E-state index contributed by atoms with van der Waals surface area (Å²) in [4.78, 5) is 4.73. The van der Waals surface area contributed by atoms with Crippen LogP contribution < -0.4 is 14.5 Å². The number of hydrogen-bond acceptors (Lipinski definition) is 3. The highest BCUT2D eigenvalue weighted by Crippen LogP contribution is 2.63. The van der Waals surface area contributed by atoms with Crippen molar-refractivity contribution in [2.75, 3.05) is 9.80 Å². The van der Waals surface area contributed by atoms with Gasteiger partial charge in [-0.25, -0.2) is 0 Å². The van der Waals surface area contributed by atoms with Gasteiger partial charge in [0.1, 0.15) is 11.5 Å². The minimum Gasteiger partial charge on any atom is -0.457 e. The van der Waals surface area contributed by atoms with Crippen molar-refractivity contribution in [3.63, 3.8) is 0 Å². The molecule has 0 fully saturated rings. The molecular formula is C59H40N2O. The minimum absolute atomic E-state index is 0.687. The van der Waals surface area contributed by atoms with E-state index in [9.17, 15) is 0 Å². The third-order valence-corrected chi connectivity index (χ3v) is 12.7. The van der Waals surface area contributed by atoms with Crippen LogP contribution in [0.25, 0.3) is 33.0 Å². The number of benzene rings is 10. The Morgan fingerprint density at radius 2 is 0.677 bits per heavy atom. The molecule has 1 heterocycles. The summed E-state index contributed by atoms with van der Waals surface area (Å²) in [6.45, 7) is 0. The molecule has 0 amide bonds. The molecule has 0 aromatic heterocycles. The predicted molar refractivity (Wildman–Crippen MR) is 256 cm³/mol. The first-order valence-corrected chi connectivity index (χ1v) is 21.2. The predicted octanol–water partition coefficient (Wildman–Crippen LogP) is 15.9. The fraction of sp³-hybridized carbons (Fsp3) is 0.0169. The Balaban J connectivity index is 1.09. The molecule has 1 aliphatic carbocycles. The van der Waals surface area contributed by atoms with E-state index in [2.05, 4.69) is 252 Å². The minimum atomic E-state index is -0.687. The second kappa shape index (κ2) is 14.5. The molecular weight excluding hydrogens is 753 g/mol. The molecule has 3 nitrogen and oxygen atoms in total. The van der Waals surface area contributed by atoms with Crippen molar-refractivity contribution in [2.45, 2.75) is 5.41 Å². The molecule has 0 bridgehead atoms. The van der Waals surface area contributed by atoms with Crippen molar-refractivity contribution < 1.29 is 4.74 Å². The van der Waals surface area contributed by atoms with E-state index in [1.807, 2.05) is 0 Å². The van der Waals surface area contributed by atoms with Crippen LogP contribution in [0.15, 0.2) is 243 Å². The van der Waals surface area contributed by atoms with Gasteiger partial charge < -0.3 is 14.5 Å². The fourth-order valence-corrected chi connectivity index (χ4v) is 9.96. The Morgan fingerprint density at radius 1 is 0.274 bits per heavy atom. The lowest BCUT2D eigenvalue weighted by atomic mass is 9.66. The number of nitrogens with zero attached hydrogens (tertiary/aromatic N) is 2. The monoisotopic (exact) mass is 792 g/mol. The third-order valence-electron chi connectivity index (χ3n) is 12.7. The molecule has 1 spiro atoms. The van der Waals surface area contributed by atoms with Crippen LogP contribution in [-0.4, -0.2) is 0 Å². The van der Waals surface area contributed by atoms with E-state index in [-0.39, 0.29) is 0 Å². The van der Waals surface area contributed by atoms with Crippen molar-refractivity contribution in [3.8, 4) is 33.8 Å². The Labute approximate surface area is 362 Å². The molecule has 0 atom stereocenters. The van der Waals surface area contributed by atoms with Gasteiger partial charge >= 0.3 is 0 Å². The van der Waals surface area contributed by atoms with Crippen LogP contribution in [0.2, 0.25) is 0 Å². The summed E-state index contributed by atoms with van der Waals surface area (Å²) in [5.41, 5.74) is 15.3. The summed E-state index contributed by atoms with van der Waals surface area (Å²) in [6, 6.07) is 87.5. The first kappa shape index (κ1) is 35.8. The van der Waals surface area contributed by atoms with Crippen molar-refractivity contribution in [3.05, 3.63) is 265 Å². The molecule has 10 aromatic rings. The molecule has 0 unspecified atom stereocenters. The zero-order valence-corrected chi connectivity index (χ0v) is 33.9. The van der Waals surface area contributed by atoms with Crippen LogP contribution in [0.3, 0.4) is 0 Å². The van der Waals surface area contributed by atoms with Gasteiger partial charge in [0.05, 0.1) is 5.41 Å². The molecule has 2 aliphatic rings. The summed E-state index contributed by atoms with van der Waals surface area (Å²) >= 11 is 0. The van der Waals surface area contributed by atoms with Gasteiger partial charge in [0, 0.05) is 45.3 Å². The average Bonchev–Trinajstić information content (AvgIpc) is 3.64. The van der Waals surface area contributed by atoms with Crippen LogP contribution in [0.4, 0.5) is 34.1 Å². The van der Waals surface area contributed by atoms with Gasteiger partial charge in [-0.3, -0.25) is 0 Å². The molecule has 292 valence electrons. The van der Waals surface area contributed by atoms with Gasteiger partial charge in [-0.2, -0.15) is 0 Å². The lowest BCUT2D eigenvalue weighted by Crippen LogP contribution is -2.32. The summed E-state index contributed by atoms with van der Waals surface area (Å²) < 4.78 is 7.07. The largest absolute Gasteiger partial charge is 0.457 e. The van der Waals surface area contributed by atoms with Crippen molar-refractivity contribution in [2.24, 2.45) is 0 Å². The van der Waals surface area contributed by atoms with Gasteiger partial charge in [-0.1, -0.05) is 158 Å². The normalized spacial score (nSPS) is 12.8. The summed E-state index contributed by atoms with van der Waals surface area (Å²) in [5, 5.41) is 2.41. The highest BCUT2D eigenvalue weighted by molar-refractivity contribution is 5.93. The van der Waals surface area contributed by atoms with Crippen LogP contribution in [0.5, 0.6) is 11.5 Å². The average molecular weight is 793 g/mol. The molecule has 0 radical (unpaired) electrons. The first-order chi connectivity index (χ1) is 30.7. The number of fused-ring (bicyclic) bond motifs is 10. The van der Waals surface area contributed by atoms with E-state index in [4.69, 9.17) is 4.74 Å². The van der Waals surface area contributed by atoms with Gasteiger partial charge in [-0.15, -0.1) is 0 Å². The zero-order chi connectivity index (χ0) is 41.0. The Bertz CT molecular complexity index is 3220. The topological polar surface area (TPSA) is 15.7 Å². The van der Waals surface area contributed by atoms with Crippen LogP contribution >= 0.6 is 0 Å². The third kappa shape index (κ3) is 5.67. The van der Waals surface area contributed by atoms with Gasteiger partial charge in [0.2, 0.25) is 0 Å². The summed E-state index contributed by atoms with van der Waals surface area (Å²) in [6.07, 6.45) is 0. The quantitative estimate of drug-likeness (QED) is 0.160. The highest BCUT2D eigenvalue weighted by Gasteiger charge is 2.51. The van der Waals surface area contributed by atoms with E-state index in [0.717, 1.165) is 56.8 Å². The number of rotatable bonds is 7. The van der Waals surface area contributed by atoms with Crippen LogP contribution in [-0.2, 0) is 5.41 Å². The zero-order valence-electron chi connectivity index (χ0n) is 33.9. The van der Waals surface area contributed by atoms with Crippen molar-refractivity contribution in [1.29, 1.82) is 0 Å². The van der Waals surface area contributed by atoms with Crippen LogP contribution in [0, 0.1) is 0 Å². The molecule has 0 saturated heterocycles. The molecule has 10 aromatic carbocycles. The molecule has 0 saturated carbocycles. The number of anilines is 6. The first-order valence-electron chi connectivity index (χ1n) is 21.2. The van der Waals surface area contributed by atoms with E-state index >= 15 is 0 Å². The number of para-hydroxylation sites is 2. The maximum absolute atomic E-state index is 7.07. The summed E-state index contributed by atoms with van der Waals surface area (Å²) in [7, 11) is 0. The second-order valence-corrected chi connectivity index (χ2v) is 16.1. The molecule has 3 heteroatoms. The summed E-state index contributed by atoms with van der Waals surface area (Å²) in [5.74, 6) is 1.70. The van der Waals surface area contributed by atoms with E-state index in [1.165, 1.54) is 44.2 Å². The lowest BCUT2D eigenvalue weighted by Gasteiger charge is -2.41. The highest BCUT2D eigenvalue weighted by atomic mass is 16.5. The van der Waals surface area contributed by atoms with Crippen molar-refractivity contribution >= 4 is 44.9 Å². The fourth-order valence-electron chi connectivity index (χ4n) is 9.96. The maximum atomic E-state index is 7.07. The standard InChI is InChI=1S/C59H40N2O/c1-4-16-41(17-5-1)43-28-31-47(32-29-43)60(45-20-6-2-7-21-45)49-34-36-57-55(39-49)59(53-26-14-12-24-51(53)52-25-13-15-27-54(52)59)56-40-50(35-37-58(56)62-57)61(46-22-8-3-9-23-46)48-33-30-42-18-10-11-19-44(42)38-48/h1-40H. The smallest absolute Gasteiger partial charge is 0.132 e. The van der Waals surface area contributed by atoms with Crippen LogP contribution in [0.1, 0.15) is 22.3 Å². The van der Waals surface area contributed by atoms with Crippen molar-refractivity contribution in [1.82, 2.24) is 0 Å². The Morgan fingerprint density at radius 3 is 1.26 bits per heavy atom. The van der Waals surface area contributed by atoms with E-state index in [1.54, 1.807) is 0 Å². The van der Waals surface area contributed by atoms with Gasteiger partial charge in [-0.05, 0) is 129 Å². The number of hydrogen-bond donors (Lipinski definition) is 0. The maximum Gasteiger partial charge on any atom is 0.132 e. The second-order valence-electron chi connectivity index (χ2n) is 16.1. The Hall–Kier alpha value is -8.14. The molecule has 62 heavy (non-hydrogen) atoms. The SMILES string of the molecule is c1ccc(-c2ccc(N(c3ccccc3)c3ccc4c(c3)C3(c5cc(N(c6ccccc6)c6ccc7ccccc7c6)ccc5O4)c4ccccc4-c4ccccc43)cc2)cc1. The number of ether oxygens (including phenoxy) is 1. The van der Waals surface area contributed by atoms with Gasteiger partial charge in [0.15, 0.2) is 0 Å². The van der Waals surface area contributed by atoms with E-state index < -0.39 is 5.41 Å². The molecule has 1 aliphatic heterocycles. The van der Waals surface area contributed by atoms with E-state index in [0.29, 0.717) is 0 Å².